The minimum atomic E-state index is 0.572. The molecule has 0 radical (unpaired) electrons. The van der Waals surface area contributed by atoms with Crippen molar-refractivity contribution in [1.82, 2.24) is 24.1 Å². The monoisotopic (exact) mass is 715 g/mol. The van der Waals surface area contributed by atoms with Gasteiger partial charge in [0.25, 0.3) is 0 Å². The molecule has 3 aromatic heterocycles. The Hall–Kier alpha value is -7.63. The molecular weight excluding hydrogens is 683 g/mol. The van der Waals surface area contributed by atoms with Gasteiger partial charge >= 0.3 is 0 Å². The van der Waals surface area contributed by atoms with Crippen molar-refractivity contribution in [1.29, 1.82) is 0 Å². The number of hydrogen-bond acceptors (Lipinski definition) is 3. The van der Waals surface area contributed by atoms with E-state index in [9.17, 15) is 0 Å². The fourth-order valence-electron chi connectivity index (χ4n) is 8.26. The summed E-state index contributed by atoms with van der Waals surface area (Å²) in [5.74, 6) is 1.83. The Morgan fingerprint density at radius 1 is 0.321 bits per heavy atom. The first-order valence-electron chi connectivity index (χ1n) is 18.9. The van der Waals surface area contributed by atoms with Gasteiger partial charge in [0.05, 0.1) is 27.8 Å². The van der Waals surface area contributed by atoms with Gasteiger partial charge < -0.3 is 4.57 Å². The number of nitrogens with zero attached hydrogens (tertiary/aromatic N) is 5. The Balaban J connectivity index is 1.25. The van der Waals surface area contributed by atoms with Gasteiger partial charge in [-0.05, 0) is 47.0 Å². The second-order valence-electron chi connectivity index (χ2n) is 14.0. The zero-order chi connectivity index (χ0) is 37.0. The third-order valence-electron chi connectivity index (χ3n) is 10.8. The van der Waals surface area contributed by atoms with E-state index in [-0.39, 0.29) is 0 Å². The molecule has 0 bridgehead atoms. The molecule has 0 atom stereocenters. The maximum atomic E-state index is 5.20. The second-order valence-corrected chi connectivity index (χ2v) is 14.0. The first-order chi connectivity index (χ1) is 27.8. The highest BCUT2D eigenvalue weighted by molar-refractivity contribution is 6.26. The summed E-state index contributed by atoms with van der Waals surface area (Å²) in [4.78, 5) is 15.4. The quantitative estimate of drug-likeness (QED) is 0.172. The molecule has 56 heavy (non-hydrogen) atoms. The molecule has 0 aliphatic carbocycles. The summed E-state index contributed by atoms with van der Waals surface area (Å²) in [6.45, 7) is 0. The molecule has 0 saturated carbocycles. The number of hydrogen-bond donors (Lipinski definition) is 0. The van der Waals surface area contributed by atoms with Crippen LogP contribution in [-0.2, 0) is 0 Å². The Morgan fingerprint density at radius 2 is 0.839 bits per heavy atom. The minimum Gasteiger partial charge on any atom is -0.308 e. The largest absolute Gasteiger partial charge is 0.308 e. The average molecular weight is 716 g/mol. The van der Waals surface area contributed by atoms with Gasteiger partial charge in [0.2, 0.25) is 5.95 Å². The van der Waals surface area contributed by atoms with E-state index in [2.05, 4.69) is 173 Å². The zero-order valence-corrected chi connectivity index (χ0v) is 30.3. The molecule has 5 nitrogen and oxygen atoms in total. The highest BCUT2D eigenvalue weighted by Crippen LogP contribution is 2.44. The number of para-hydroxylation sites is 2. The molecule has 8 aromatic carbocycles. The van der Waals surface area contributed by atoms with Crippen molar-refractivity contribution in [3.8, 4) is 56.7 Å². The molecule has 0 fully saturated rings. The fourth-order valence-corrected chi connectivity index (χ4v) is 8.26. The van der Waals surface area contributed by atoms with Crippen molar-refractivity contribution in [2.45, 2.75) is 0 Å². The summed E-state index contributed by atoms with van der Waals surface area (Å²) in [5.41, 5.74) is 12.0. The third kappa shape index (κ3) is 5.13. The lowest BCUT2D eigenvalue weighted by molar-refractivity contribution is 0.953. The van der Waals surface area contributed by atoms with Crippen LogP contribution in [0, 0.1) is 0 Å². The van der Waals surface area contributed by atoms with E-state index in [4.69, 9.17) is 15.0 Å². The molecule has 262 valence electrons. The van der Waals surface area contributed by atoms with Crippen LogP contribution in [-0.4, -0.2) is 24.1 Å². The first kappa shape index (κ1) is 31.9. The minimum absolute atomic E-state index is 0.572. The summed E-state index contributed by atoms with van der Waals surface area (Å²) in [6, 6.07) is 70.4. The van der Waals surface area contributed by atoms with Crippen LogP contribution in [0.2, 0.25) is 0 Å². The van der Waals surface area contributed by atoms with E-state index in [1.807, 2.05) is 36.4 Å². The normalized spacial score (nSPS) is 11.6. The Kier molecular flexibility index (Phi) is 7.42. The number of rotatable bonds is 6. The summed E-state index contributed by atoms with van der Waals surface area (Å²) in [5, 5.41) is 4.66. The van der Waals surface area contributed by atoms with Gasteiger partial charge in [-0.3, -0.25) is 4.57 Å². The van der Waals surface area contributed by atoms with E-state index in [0.717, 1.165) is 60.8 Å². The van der Waals surface area contributed by atoms with Gasteiger partial charge in [-0.25, -0.2) is 4.98 Å². The molecule has 0 aliphatic rings. The van der Waals surface area contributed by atoms with Gasteiger partial charge in [0, 0.05) is 38.2 Å². The predicted octanol–water partition coefficient (Wildman–Crippen LogP) is 12.7. The van der Waals surface area contributed by atoms with Crippen molar-refractivity contribution < 1.29 is 0 Å². The second kappa shape index (κ2) is 13.0. The molecule has 0 unspecified atom stereocenters. The van der Waals surface area contributed by atoms with Gasteiger partial charge in [-0.15, -0.1) is 0 Å². The van der Waals surface area contributed by atoms with Crippen molar-refractivity contribution >= 4 is 43.6 Å². The maximum Gasteiger partial charge on any atom is 0.238 e. The predicted molar refractivity (Wildman–Crippen MR) is 230 cm³/mol. The van der Waals surface area contributed by atoms with Gasteiger partial charge in [-0.2, -0.15) is 9.97 Å². The lowest BCUT2D eigenvalue weighted by atomic mass is 9.97. The van der Waals surface area contributed by atoms with Crippen molar-refractivity contribution in [3.05, 3.63) is 200 Å². The smallest absolute Gasteiger partial charge is 0.238 e. The van der Waals surface area contributed by atoms with E-state index >= 15 is 0 Å². The fraction of sp³-hybridized carbons (Fsp3) is 0. The number of fused-ring (bicyclic) bond motifs is 7. The van der Waals surface area contributed by atoms with E-state index in [1.165, 1.54) is 21.9 Å². The average Bonchev–Trinajstić information content (AvgIpc) is 3.80. The van der Waals surface area contributed by atoms with Crippen LogP contribution in [0.5, 0.6) is 0 Å². The van der Waals surface area contributed by atoms with Crippen LogP contribution >= 0.6 is 0 Å². The number of aromatic nitrogens is 5. The van der Waals surface area contributed by atoms with Crippen LogP contribution in [0.1, 0.15) is 0 Å². The standard InChI is InChI=1S/C51H33N5/c1-5-17-34(18-6-1)38-29-31-45(42(33-38)35-19-7-2-8-20-35)55-43-27-15-13-25-39(43)40-30-32-46-47(48(40)55)41-26-14-16-28-44(41)56(46)51-53-49(36-21-9-3-10-22-36)52-50(54-51)37-23-11-4-12-24-37/h1-33H. The Bertz CT molecular complexity index is 3160. The summed E-state index contributed by atoms with van der Waals surface area (Å²) in [6.07, 6.45) is 0. The van der Waals surface area contributed by atoms with Gasteiger partial charge in [-0.1, -0.05) is 170 Å². The molecule has 11 rings (SSSR count). The van der Waals surface area contributed by atoms with Crippen LogP contribution < -0.4 is 0 Å². The Morgan fingerprint density at radius 3 is 1.46 bits per heavy atom. The zero-order valence-electron chi connectivity index (χ0n) is 30.3. The van der Waals surface area contributed by atoms with E-state index in [0.29, 0.717) is 17.6 Å². The molecule has 11 aromatic rings. The first-order valence-corrected chi connectivity index (χ1v) is 18.9. The van der Waals surface area contributed by atoms with Crippen LogP contribution in [0.4, 0.5) is 0 Å². The summed E-state index contributed by atoms with van der Waals surface area (Å²) < 4.78 is 4.68. The Labute approximate surface area is 323 Å². The molecule has 0 saturated heterocycles. The molecule has 0 spiro atoms. The summed E-state index contributed by atoms with van der Waals surface area (Å²) in [7, 11) is 0. The molecule has 0 amide bonds. The van der Waals surface area contributed by atoms with Gasteiger partial charge in [0.1, 0.15) is 0 Å². The lowest BCUT2D eigenvalue weighted by Crippen LogP contribution is -2.06. The molecule has 0 aliphatic heterocycles. The highest BCUT2D eigenvalue weighted by atomic mass is 15.2. The molecule has 3 heterocycles. The van der Waals surface area contributed by atoms with Gasteiger partial charge in [0.15, 0.2) is 11.6 Å². The highest BCUT2D eigenvalue weighted by Gasteiger charge is 2.24. The van der Waals surface area contributed by atoms with E-state index in [1.54, 1.807) is 0 Å². The molecule has 5 heteroatoms. The maximum absolute atomic E-state index is 5.20. The van der Waals surface area contributed by atoms with Crippen molar-refractivity contribution in [2.24, 2.45) is 0 Å². The lowest BCUT2D eigenvalue weighted by Gasteiger charge is -2.17. The van der Waals surface area contributed by atoms with Crippen LogP contribution in [0.25, 0.3) is 100 Å². The molecular formula is C51H33N5. The van der Waals surface area contributed by atoms with Crippen LogP contribution in [0.15, 0.2) is 200 Å². The molecule has 0 N–H and O–H groups in total. The SMILES string of the molecule is c1ccc(-c2ccc(-n3c4ccccc4c4ccc5c(c6ccccc6n5-c5nc(-c6ccccc6)nc(-c6ccccc6)n5)c43)c(-c3ccccc3)c2)cc1. The van der Waals surface area contributed by atoms with E-state index < -0.39 is 0 Å². The topological polar surface area (TPSA) is 48.5 Å². The number of benzene rings is 8. The van der Waals surface area contributed by atoms with Crippen molar-refractivity contribution in [3.63, 3.8) is 0 Å². The summed E-state index contributed by atoms with van der Waals surface area (Å²) >= 11 is 0. The van der Waals surface area contributed by atoms with Crippen molar-refractivity contribution in [2.75, 3.05) is 0 Å². The third-order valence-corrected chi connectivity index (χ3v) is 10.8. The van der Waals surface area contributed by atoms with Crippen LogP contribution in [0.3, 0.4) is 0 Å².